The maximum atomic E-state index is 4.82. The average Bonchev–Trinajstić information content (AvgIpc) is 3.16. The topological polar surface area (TPSA) is 57.0 Å². The number of anilines is 4. The van der Waals surface area contributed by atoms with Crippen LogP contribution >= 0.6 is 0 Å². The van der Waals surface area contributed by atoms with Gasteiger partial charge in [0.15, 0.2) is 0 Å². The van der Waals surface area contributed by atoms with Crippen LogP contribution in [-0.4, -0.2) is 22.6 Å². The first-order valence-electron chi connectivity index (χ1n) is 16.0. The van der Waals surface area contributed by atoms with Crippen LogP contribution in [0.1, 0.15) is 0 Å². The van der Waals surface area contributed by atoms with E-state index in [4.69, 9.17) is 20.0 Å². The molecule has 0 aliphatic carbocycles. The summed E-state index contributed by atoms with van der Waals surface area (Å²) in [4.78, 5) is 23.5. The highest BCUT2D eigenvalue weighted by Gasteiger charge is 2.20. The number of nitrogens with zero attached hydrogens (tertiary/aromatic N) is 6. The van der Waals surface area contributed by atoms with Crippen molar-refractivity contribution in [1.29, 1.82) is 0 Å². The molecule has 48 heavy (non-hydrogen) atoms. The first-order chi connectivity index (χ1) is 23.8. The van der Waals surface area contributed by atoms with Gasteiger partial charge in [0.05, 0.1) is 33.8 Å². The molecule has 0 N–H and O–H groups in total. The number of aliphatic imine (C=N–C) groups is 2. The van der Waals surface area contributed by atoms with Crippen molar-refractivity contribution in [3.8, 4) is 22.3 Å². The highest BCUT2D eigenvalue weighted by molar-refractivity contribution is 6.13. The van der Waals surface area contributed by atoms with E-state index in [-0.39, 0.29) is 0 Å². The molecular weight excluding hydrogens is 589 g/mol. The summed E-state index contributed by atoms with van der Waals surface area (Å²) in [5.74, 6) is 0. The molecule has 0 spiro atoms. The summed E-state index contributed by atoms with van der Waals surface area (Å²) in [6, 6.07) is 46.8. The number of hydrogen-bond donors (Lipinski definition) is 0. The molecule has 0 radical (unpaired) electrons. The van der Waals surface area contributed by atoms with Gasteiger partial charge in [-0.1, -0.05) is 84.9 Å². The van der Waals surface area contributed by atoms with E-state index in [1.165, 1.54) is 21.5 Å². The van der Waals surface area contributed by atoms with Crippen LogP contribution < -0.4 is 9.80 Å². The van der Waals surface area contributed by atoms with Crippen molar-refractivity contribution >= 4 is 79.4 Å². The lowest BCUT2D eigenvalue weighted by Crippen LogP contribution is -2.16. The maximum absolute atomic E-state index is 4.82. The maximum Gasteiger partial charge on any atom is 0.100 e. The summed E-state index contributed by atoms with van der Waals surface area (Å²) in [5.41, 5.74) is 12.4. The molecule has 0 unspecified atom stereocenters. The quantitative estimate of drug-likeness (QED) is 0.198. The molecule has 0 amide bonds. The van der Waals surface area contributed by atoms with E-state index in [9.17, 15) is 0 Å². The van der Waals surface area contributed by atoms with E-state index in [0.29, 0.717) is 0 Å². The Balaban J connectivity index is 0.983. The second-order valence-corrected chi connectivity index (χ2v) is 12.0. The summed E-state index contributed by atoms with van der Waals surface area (Å²) in [7, 11) is 0. The Morgan fingerprint density at radius 1 is 0.396 bits per heavy atom. The molecule has 6 nitrogen and oxygen atoms in total. The van der Waals surface area contributed by atoms with Gasteiger partial charge in [-0.05, 0) is 70.4 Å². The molecule has 0 bridgehead atoms. The number of aromatic nitrogens is 2. The molecule has 0 fully saturated rings. The van der Waals surface area contributed by atoms with Gasteiger partial charge in [0, 0.05) is 45.7 Å². The van der Waals surface area contributed by atoms with Gasteiger partial charge in [-0.25, -0.2) is 9.98 Å². The van der Waals surface area contributed by atoms with Gasteiger partial charge in [-0.15, -0.1) is 0 Å². The van der Waals surface area contributed by atoms with E-state index in [1.54, 1.807) is 12.4 Å². The first kappa shape index (κ1) is 26.5. The fourth-order valence-electron chi connectivity index (χ4n) is 7.12. The highest BCUT2D eigenvalue weighted by Crippen LogP contribution is 2.43. The van der Waals surface area contributed by atoms with Gasteiger partial charge in [-0.3, -0.25) is 9.97 Å². The van der Waals surface area contributed by atoms with Crippen LogP contribution in [0.15, 0.2) is 156 Å². The van der Waals surface area contributed by atoms with Crippen molar-refractivity contribution in [2.45, 2.75) is 0 Å². The van der Waals surface area contributed by atoms with Crippen LogP contribution in [0.2, 0.25) is 0 Å². The molecule has 0 saturated heterocycles. The van der Waals surface area contributed by atoms with Crippen LogP contribution in [0.25, 0.3) is 54.8 Å². The molecule has 0 saturated carbocycles. The van der Waals surface area contributed by atoms with Crippen molar-refractivity contribution < 1.29 is 0 Å². The molecule has 2 aliphatic rings. The molecule has 8 aromatic rings. The number of rotatable bonds is 4. The third kappa shape index (κ3) is 4.06. The summed E-state index contributed by atoms with van der Waals surface area (Å²) in [6.45, 7) is 0. The predicted molar refractivity (Wildman–Crippen MR) is 199 cm³/mol. The molecule has 1 aromatic heterocycles. The molecule has 224 valence electrons. The summed E-state index contributed by atoms with van der Waals surface area (Å²) in [6.07, 6.45) is 7.35. The van der Waals surface area contributed by atoms with E-state index in [0.717, 1.165) is 67.4 Å². The molecule has 7 aromatic carbocycles. The van der Waals surface area contributed by atoms with Gasteiger partial charge in [0.1, 0.15) is 12.7 Å². The van der Waals surface area contributed by atoms with Gasteiger partial charge in [-0.2, -0.15) is 0 Å². The number of benzene rings is 7. The molecule has 2 aliphatic heterocycles. The van der Waals surface area contributed by atoms with Crippen molar-refractivity contribution in [3.63, 3.8) is 0 Å². The van der Waals surface area contributed by atoms with Crippen LogP contribution in [0.4, 0.5) is 34.1 Å². The largest absolute Gasteiger partial charge is 0.300 e. The van der Waals surface area contributed by atoms with Crippen molar-refractivity contribution in [2.75, 3.05) is 9.80 Å². The van der Waals surface area contributed by atoms with Gasteiger partial charge in [0.2, 0.25) is 0 Å². The Labute approximate surface area is 276 Å². The molecule has 10 rings (SSSR count). The van der Waals surface area contributed by atoms with E-state index < -0.39 is 0 Å². The first-order valence-corrected chi connectivity index (χ1v) is 16.0. The third-order valence-electron chi connectivity index (χ3n) is 9.40. The second-order valence-electron chi connectivity index (χ2n) is 12.0. The van der Waals surface area contributed by atoms with Crippen molar-refractivity contribution in [2.24, 2.45) is 9.98 Å². The third-order valence-corrected chi connectivity index (χ3v) is 9.40. The molecule has 6 heteroatoms. The van der Waals surface area contributed by atoms with Gasteiger partial charge >= 0.3 is 0 Å². The predicted octanol–water partition coefficient (Wildman–Crippen LogP) is 10.9. The zero-order chi connectivity index (χ0) is 31.6. The summed E-state index contributed by atoms with van der Waals surface area (Å²) in [5, 5.41) is 4.71. The zero-order valence-corrected chi connectivity index (χ0v) is 25.7. The van der Waals surface area contributed by atoms with Crippen LogP contribution in [0.3, 0.4) is 0 Å². The minimum atomic E-state index is 0.872. The molecule has 0 atom stereocenters. The minimum Gasteiger partial charge on any atom is -0.300 e. The second kappa shape index (κ2) is 10.4. The number of hydrogen-bond acceptors (Lipinski definition) is 6. The van der Waals surface area contributed by atoms with E-state index >= 15 is 0 Å². The summed E-state index contributed by atoms with van der Waals surface area (Å²) < 4.78 is 0. The van der Waals surface area contributed by atoms with Gasteiger partial charge < -0.3 is 9.80 Å². The lowest BCUT2D eigenvalue weighted by molar-refractivity contribution is 1.29. The van der Waals surface area contributed by atoms with Gasteiger partial charge in [0.25, 0.3) is 0 Å². The van der Waals surface area contributed by atoms with Crippen molar-refractivity contribution in [1.82, 2.24) is 9.97 Å². The Morgan fingerprint density at radius 2 is 0.812 bits per heavy atom. The summed E-state index contributed by atoms with van der Waals surface area (Å²) >= 11 is 0. The minimum absolute atomic E-state index is 0.872. The molecular formula is C42H26N6. The lowest BCUT2D eigenvalue weighted by atomic mass is 9.97. The Morgan fingerprint density at radius 3 is 1.25 bits per heavy atom. The SMILES string of the molecule is C1=Nc2cccc3cccc(c23)N1c1ccc(-c2ccc(-c3ccc(N4C=Nc5cccc6cccc4c56)cc3)c3nccnc23)cc1. The smallest absolute Gasteiger partial charge is 0.100 e. The fourth-order valence-corrected chi connectivity index (χ4v) is 7.12. The highest BCUT2D eigenvalue weighted by atomic mass is 15.2. The van der Waals surface area contributed by atoms with Crippen LogP contribution in [-0.2, 0) is 0 Å². The van der Waals surface area contributed by atoms with Crippen LogP contribution in [0, 0.1) is 0 Å². The lowest BCUT2D eigenvalue weighted by Gasteiger charge is -2.26. The fraction of sp³-hybridized carbons (Fsp3) is 0. The zero-order valence-electron chi connectivity index (χ0n) is 25.7. The van der Waals surface area contributed by atoms with E-state index in [2.05, 4.69) is 143 Å². The monoisotopic (exact) mass is 614 g/mol. The van der Waals surface area contributed by atoms with E-state index in [1.807, 2.05) is 12.7 Å². The Bertz CT molecular complexity index is 2430. The Hall–Kier alpha value is -6.66. The normalized spacial score (nSPS) is 13.2. The molecule has 3 heterocycles. The van der Waals surface area contributed by atoms with Crippen LogP contribution in [0.5, 0.6) is 0 Å². The van der Waals surface area contributed by atoms with Crippen molar-refractivity contribution in [3.05, 3.63) is 146 Å². The standard InChI is InChI=1S/C42H26N6/c1-5-29-7-3-11-37-39(29)35(9-1)45-25-47(37)31-17-13-27(14-18-31)33-21-22-34(42-41(33)43-23-24-44-42)28-15-19-32(20-16-28)48-26-46-36-10-2-6-30-8-4-12-38(48)40(30)36/h1-26H. The number of fused-ring (bicyclic) bond motifs is 1. The Kier molecular flexibility index (Phi) is 5.77. The average molecular weight is 615 g/mol.